The molecule has 0 fully saturated rings. The number of methoxy groups -OCH3 is 1. The first-order valence-electron chi connectivity index (χ1n) is 5.77. The van der Waals surface area contributed by atoms with Crippen LogP contribution in [0.15, 0.2) is 11.6 Å². The Bertz CT molecular complexity index is 171. The molecule has 0 aromatic carbocycles. The highest BCUT2D eigenvalue weighted by atomic mass is 16.5. The Labute approximate surface area is 87.7 Å². The summed E-state index contributed by atoms with van der Waals surface area (Å²) in [5, 5.41) is 3.46. The Hall–Kier alpha value is -0.340. The van der Waals surface area contributed by atoms with Crippen molar-refractivity contribution in [2.75, 3.05) is 20.3 Å². The summed E-state index contributed by atoms with van der Waals surface area (Å²) in [6.45, 7) is 4.00. The smallest absolute Gasteiger partial charge is 0.0618 e. The molecule has 0 spiro atoms. The number of hydrogen-bond acceptors (Lipinski definition) is 2. The fourth-order valence-electron chi connectivity index (χ4n) is 2.09. The van der Waals surface area contributed by atoms with Crippen LogP contribution in [0, 0.1) is 0 Å². The summed E-state index contributed by atoms with van der Waals surface area (Å²) in [7, 11) is 1.78. The zero-order valence-electron chi connectivity index (χ0n) is 9.51. The van der Waals surface area contributed by atoms with Crippen LogP contribution in [-0.4, -0.2) is 26.3 Å². The Morgan fingerprint density at radius 3 is 2.93 bits per heavy atom. The van der Waals surface area contributed by atoms with Crippen molar-refractivity contribution < 1.29 is 4.74 Å². The van der Waals surface area contributed by atoms with Gasteiger partial charge in [-0.05, 0) is 38.6 Å². The number of likely N-dealkylation sites (N-methyl/N-ethyl adjacent to an activating group) is 1. The van der Waals surface area contributed by atoms with Gasteiger partial charge in [0, 0.05) is 13.2 Å². The lowest BCUT2D eigenvalue weighted by molar-refractivity contribution is 0.166. The minimum Gasteiger partial charge on any atom is -0.383 e. The van der Waals surface area contributed by atoms with Gasteiger partial charge < -0.3 is 10.1 Å². The van der Waals surface area contributed by atoms with E-state index in [4.69, 9.17) is 4.74 Å². The van der Waals surface area contributed by atoms with Gasteiger partial charge in [0.15, 0.2) is 0 Å². The maximum Gasteiger partial charge on any atom is 0.0618 e. The molecule has 0 aromatic rings. The van der Waals surface area contributed by atoms with Gasteiger partial charge in [-0.15, -0.1) is 0 Å². The second kappa shape index (κ2) is 7.02. The van der Waals surface area contributed by atoms with Crippen molar-refractivity contribution in [3.8, 4) is 0 Å². The predicted molar refractivity (Wildman–Crippen MR) is 60.5 cm³/mol. The zero-order chi connectivity index (χ0) is 10.2. The van der Waals surface area contributed by atoms with E-state index >= 15 is 0 Å². The summed E-state index contributed by atoms with van der Waals surface area (Å²) in [6.07, 6.45) is 8.91. The van der Waals surface area contributed by atoms with Crippen molar-refractivity contribution in [1.82, 2.24) is 5.32 Å². The first-order chi connectivity index (χ1) is 6.86. The van der Waals surface area contributed by atoms with Crippen LogP contribution < -0.4 is 5.32 Å². The highest BCUT2D eigenvalue weighted by Crippen LogP contribution is 2.21. The Balaban J connectivity index is 2.32. The first kappa shape index (κ1) is 11.7. The first-order valence-corrected chi connectivity index (χ1v) is 5.77. The molecule has 0 aliphatic heterocycles. The molecule has 1 aliphatic rings. The quantitative estimate of drug-likeness (QED) is 0.661. The third-order valence-corrected chi connectivity index (χ3v) is 2.75. The lowest BCUT2D eigenvalue weighted by atomic mass is 9.94. The van der Waals surface area contributed by atoms with Crippen molar-refractivity contribution in [3.05, 3.63) is 11.6 Å². The van der Waals surface area contributed by atoms with Crippen LogP contribution in [0.25, 0.3) is 0 Å². The molecule has 0 radical (unpaired) electrons. The van der Waals surface area contributed by atoms with Gasteiger partial charge in [-0.2, -0.15) is 0 Å². The molecule has 0 aromatic heterocycles. The van der Waals surface area contributed by atoms with E-state index < -0.39 is 0 Å². The van der Waals surface area contributed by atoms with Crippen LogP contribution in [0.3, 0.4) is 0 Å². The fraction of sp³-hybridized carbons (Fsp3) is 0.833. The van der Waals surface area contributed by atoms with Gasteiger partial charge in [0.1, 0.15) is 0 Å². The number of rotatable bonds is 6. The zero-order valence-corrected chi connectivity index (χ0v) is 9.51. The van der Waals surface area contributed by atoms with E-state index in [-0.39, 0.29) is 0 Å². The third-order valence-electron chi connectivity index (χ3n) is 2.75. The highest BCUT2D eigenvalue weighted by Gasteiger charge is 2.11. The van der Waals surface area contributed by atoms with E-state index in [0.29, 0.717) is 6.04 Å². The van der Waals surface area contributed by atoms with Gasteiger partial charge in [0.05, 0.1) is 6.61 Å². The Morgan fingerprint density at radius 2 is 2.36 bits per heavy atom. The molecule has 1 aliphatic carbocycles. The summed E-state index contributed by atoms with van der Waals surface area (Å²) in [5.74, 6) is 0. The second-order valence-corrected chi connectivity index (χ2v) is 4.02. The predicted octanol–water partition coefficient (Wildman–Crippen LogP) is 2.50. The summed E-state index contributed by atoms with van der Waals surface area (Å²) in [6, 6.07) is 0.509. The molecule has 1 N–H and O–H groups in total. The average Bonchev–Trinajstić information content (AvgIpc) is 2.20. The van der Waals surface area contributed by atoms with Gasteiger partial charge in [-0.3, -0.25) is 0 Å². The molecular weight excluding hydrogens is 174 g/mol. The monoisotopic (exact) mass is 197 g/mol. The standard InChI is InChI=1S/C12H23NO/c1-3-13-12(10-14-2)9-11-7-5-4-6-8-11/h7,12-13H,3-6,8-10H2,1-2H3. The van der Waals surface area contributed by atoms with Gasteiger partial charge in [0.25, 0.3) is 0 Å². The largest absolute Gasteiger partial charge is 0.383 e. The summed E-state index contributed by atoms with van der Waals surface area (Å²) in [4.78, 5) is 0. The van der Waals surface area contributed by atoms with Crippen molar-refractivity contribution in [3.63, 3.8) is 0 Å². The number of nitrogens with one attached hydrogen (secondary N) is 1. The lowest BCUT2D eigenvalue weighted by Crippen LogP contribution is -2.33. The van der Waals surface area contributed by atoms with Gasteiger partial charge in [-0.1, -0.05) is 18.6 Å². The molecule has 0 saturated heterocycles. The fourth-order valence-corrected chi connectivity index (χ4v) is 2.09. The van der Waals surface area contributed by atoms with Crippen LogP contribution in [0.1, 0.15) is 39.0 Å². The third kappa shape index (κ3) is 4.25. The van der Waals surface area contributed by atoms with Crippen molar-refractivity contribution in [1.29, 1.82) is 0 Å². The SMILES string of the molecule is CCNC(COC)CC1=CCCCC1. The molecule has 2 heteroatoms. The second-order valence-electron chi connectivity index (χ2n) is 4.02. The van der Waals surface area contributed by atoms with E-state index in [1.807, 2.05) is 0 Å². The number of hydrogen-bond donors (Lipinski definition) is 1. The van der Waals surface area contributed by atoms with E-state index in [2.05, 4.69) is 18.3 Å². The average molecular weight is 197 g/mol. The van der Waals surface area contributed by atoms with Crippen LogP contribution in [0.2, 0.25) is 0 Å². The minimum absolute atomic E-state index is 0.509. The van der Waals surface area contributed by atoms with E-state index in [1.54, 1.807) is 12.7 Å². The van der Waals surface area contributed by atoms with Crippen molar-refractivity contribution in [2.24, 2.45) is 0 Å². The van der Waals surface area contributed by atoms with Crippen LogP contribution in [-0.2, 0) is 4.74 Å². The molecule has 0 bridgehead atoms. The Kier molecular flexibility index (Phi) is 5.88. The van der Waals surface area contributed by atoms with Crippen LogP contribution in [0.5, 0.6) is 0 Å². The van der Waals surface area contributed by atoms with Gasteiger partial charge in [0.2, 0.25) is 0 Å². The van der Waals surface area contributed by atoms with E-state index in [9.17, 15) is 0 Å². The summed E-state index contributed by atoms with van der Waals surface area (Å²) >= 11 is 0. The minimum atomic E-state index is 0.509. The molecule has 1 atom stereocenters. The van der Waals surface area contributed by atoms with Gasteiger partial charge >= 0.3 is 0 Å². The maximum atomic E-state index is 5.21. The molecule has 2 nitrogen and oxygen atoms in total. The molecule has 1 rings (SSSR count). The number of allylic oxidation sites excluding steroid dienone is 1. The topological polar surface area (TPSA) is 21.3 Å². The van der Waals surface area contributed by atoms with E-state index in [1.165, 1.54) is 32.1 Å². The lowest BCUT2D eigenvalue weighted by Gasteiger charge is -2.20. The van der Waals surface area contributed by atoms with E-state index in [0.717, 1.165) is 13.2 Å². The molecule has 0 heterocycles. The van der Waals surface area contributed by atoms with Gasteiger partial charge in [-0.25, -0.2) is 0 Å². The van der Waals surface area contributed by atoms with Crippen LogP contribution >= 0.6 is 0 Å². The summed E-state index contributed by atoms with van der Waals surface area (Å²) < 4.78 is 5.21. The maximum absolute atomic E-state index is 5.21. The normalized spacial score (nSPS) is 19.1. The van der Waals surface area contributed by atoms with Crippen molar-refractivity contribution >= 4 is 0 Å². The van der Waals surface area contributed by atoms with Crippen molar-refractivity contribution in [2.45, 2.75) is 45.1 Å². The molecule has 82 valence electrons. The summed E-state index contributed by atoms with van der Waals surface area (Å²) in [5.41, 5.74) is 1.62. The number of ether oxygens (including phenoxy) is 1. The molecule has 1 unspecified atom stereocenters. The highest BCUT2D eigenvalue weighted by molar-refractivity contribution is 5.07. The Morgan fingerprint density at radius 1 is 1.50 bits per heavy atom. The molecule has 14 heavy (non-hydrogen) atoms. The van der Waals surface area contributed by atoms with Crippen LogP contribution in [0.4, 0.5) is 0 Å². The molecule has 0 amide bonds. The molecular formula is C12H23NO. The molecule has 0 saturated carbocycles.